The van der Waals surface area contributed by atoms with Crippen LogP contribution in [0.1, 0.15) is 17.7 Å². The quantitative estimate of drug-likeness (QED) is 0.606. The molecule has 98 valence electrons. The average Bonchev–Trinajstić information content (AvgIpc) is 2.82. The van der Waals surface area contributed by atoms with Crippen LogP contribution in [0.3, 0.4) is 0 Å². The number of hydrogen-bond donors (Lipinski definition) is 2. The zero-order valence-electron chi connectivity index (χ0n) is 10.2. The van der Waals surface area contributed by atoms with Crippen LogP contribution < -0.4 is 5.32 Å². The molecule has 6 heteroatoms. The van der Waals surface area contributed by atoms with Gasteiger partial charge in [0.05, 0.1) is 7.11 Å². The number of allylic oxidation sites excluding steroid dienone is 1. The largest absolute Gasteiger partial charge is 0.481 e. The third-order valence-corrected chi connectivity index (χ3v) is 3.29. The van der Waals surface area contributed by atoms with Gasteiger partial charge in [-0.25, -0.2) is 4.79 Å². The lowest BCUT2D eigenvalue weighted by Gasteiger charge is -2.12. The maximum absolute atomic E-state index is 11.1. The molecule has 0 aliphatic carbocycles. The molecule has 2 N–H and O–H groups in total. The highest BCUT2D eigenvalue weighted by molar-refractivity contribution is 7.10. The highest BCUT2D eigenvalue weighted by Gasteiger charge is 2.20. The van der Waals surface area contributed by atoms with Crippen molar-refractivity contribution in [1.29, 1.82) is 0 Å². The van der Waals surface area contributed by atoms with Crippen LogP contribution in [0.25, 0.3) is 0 Å². The summed E-state index contributed by atoms with van der Waals surface area (Å²) in [5.74, 6) is -1.98. The van der Waals surface area contributed by atoms with Crippen molar-refractivity contribution in [3.05, 3.63) is 34.2 Å². The number of thiophene rings is 1. The van der Waals surface area contributed by atoms with Crippen LogP contribution in [0.15, 0.2) is 29.3 Å². The highest BCUT2D eigenvalue weighted by atomic mass is 32.1. The number of methoxy groups -OCH3 is 1. The predicted octanol–water partition coefficient (Wildman–Crippen LogP) is 1.58. The van der Waals surface area contributed by atoms with Gasteiger partial charge in [-0.2, -0.15) is 0 Å². The summed E-state index contributed by atoms with van der Waals surface area (Å²) < 4.78 is 4.48. The lowest BCUT2D eigenvalue weighted by molar-refractivity contribution is -0.138. The van der Waals surface area contributed by atoms with Crippen molar-refractivity contribution in [2.75, 3.05) is 13.7 Å². The second kappa shape index (κ2) is 6.80. The molecule has 0 saturated carbocycles. The van der Waals surface area contributed by atoms with Gasteiger partial charge in [-0.15, -0.1) is 11.3 Å². The Hall–Kier alpha value is -1.82. The molecule has 0 aliphatic rings. The molecule has 0 bridgehead atoms. The summed E-state index contributed by atoms with van der Waals surface area (Å²) in [6, 6.07) is 3.59. The molecular weight excluding hydrogens is 254 g/mol. The third kappa shape index (κ3) is 4.21. The Balaban J connectivity index is 2.62. The normalized spacial score (nSPS) is 12.9. The van der Waals surface area contributed by atoms with Gasteiger partial charge in [-0.05, 0) is 18.4 Å². The molecule has 0 amide bonds. The lowest BCUT2D eigenvalue weighted by atomic mass is 10.1. The van der Waals surface area contributed by atoms with Crippen molar-refractivity contribution in [2.45, 2.75) is 12.8 Å². The first-order valence-electron chi connectivity index (χ1n) is 5.31. The first-order chi connectivity index (χ1) is 8.54. The second-order valence-corrected chi connectivity index (χ2v) is 4.62. The van der Waals surface area contributed by atoms with Gasteiger partial charge >= 0.3 is 11.9 Å². The minimum Gasteiger partial charge on any atom is -0.481 e. The van der Waals surface area contributed by atoms with Gasteiger partial charge in [0.2, 0.25) is 0 Å². The number of carbonyl (C=O) groups excluding carboxylic acids is 1. The Morgan fingerprint density at radius 3 is 2.83 bits per heavy atom. The van der Waals surface area contributed by atoms with E-state index in [1.54, 1.807) is 13.0 Å². The summed E-state index contributed by atoms with van der Waals surface area (Å²) in [4.78, 5) is 22.9. The Bertz CT molecular complexity index is 439. The fraction of sp³-hybridized carbons (Fsp3) is 0.333. The van der Waals surface area contributed by atoms with Crippen LogP contribution in [-0.2, 0) is 14.3 Å². The monoisotopic (exact) mass is 269 g/mol. The summed E-state index contributed by atoms with van der Waals surface area (Å²) in [6.07, 6.45) is 1.29. The fourth-order valence-corrected chi connectivity index (χ4v) is 2.17. The Labute approximate surface area is 109 Å². The van der Waals surface area contributed by atoms with E-state index in [9.17, 15) is 9.59 Å². The van der Waals surface area contributed by atoms with E-state index in [0.717, 1.165) is 4.88 Å². The van der Waals surface area contributed by atoms with Crippen LogP contribution in [0, 0.1) is 0 Å². The molecular formula is C12H15NO4S. The van der Waals surface area contributed by atoms with Crippen LogP contribution >= 0.6 is 11.3 Å². The standard InChI is InChI=1S/C12H15NO4S/c1-8(6-11(14)17-2)13-7-9(12(15)16)10-4-3-5-18-10/h3-6,9,13H,7H2,1-2H3,(H,15,16). The molecule has 1 unspecified atom stereocenters. The van der Waals surface area contributed by atoms with E-state index in [-0.39, 0.29) is 6.54 Å². The Morgan fingerprint density at radius 1 is 1.61 bits per heavy atom. The van der Waals surface area contributed by atoms with E-state index in [0.29, 0.717) is 5.70 Å². The van der Waals surface area contributed by atoms with E-state index >= 15 is 0 Å². The van der Waals surface area contributed by atoms with Crippen molar-refractivity contribution in [2.24, 2.45) is 0 Å². The number of aliphatic carboxylic acids is 1. The minimum absolute atomic E-state index is 0.231. The number of esters is 1. The van der Waals surface area contributed by atoms with Crippen LogP contribution in [0.2, 0.25) is 0 Å². The van der Waals surface area contributed by atoms with Gasteiger partial charge < -0.3 is 15.2 Å². The van der Waals surface area contributed by atoms with Crippen molar-refractivity contribution in [3.63, 3.8) is 0 Å². The summed E-state index contributed by atoms with van der Waals surface area (Å²) >= 11 is 1.40. The molecule has 0 spiro atoms. The molecule has 1 aromatic rings. The molecule has 0 radical (unpaired) electrons. The van der Waals surface area contributed by atoms with Crippen molar-refractivity contribution in [1.82, 2.24) is 5.32 Å². The van der Waals surface area contributed by atoms with Crippen molar-refractivity contribution >= 4 is 23.3 Å². The smallest absolute Gasteiger partial charge is 0.332 e. The SMILES string of the molecule is COC(=O)C=C(C)NCC(C(=O)O)c1cccs1. The molecule has 0 aromatic carbocycles. The van der Waals surface area contributed by atoms with Crippen molar-refractivity contribution < 1.29 is 19.4 Å². The van der Waals surface area contributed by atoms with Gasteiger partial charge in [-0.1, -0.05) is 6.07 Å². The van der Waals surface area contributed by atoms with Crippen LogP contribution in [0.5, 0.6) is 0 Å². The molecule has 1 heterocycles. The lowest BCUT2D eigenvalue weighted by Crippen LogP contribution is -2.25. The number of carboxylic acid groups (broad SMARTS) is 1. The second-order valence-electron chi connectivity index (χ2n) is 3.64. The molecule has 0 aliphatic heterocycles. The molecule has 0 fully saturated rings. The van der Waals surface area contributed by atoms with E-state index < -0.39 is 17.9 Å². The summed E-state index contributed by atoms with van der Waals surface area (Å²) in [6.45, 7) is 1.92. The van der Waals surface area contributed by atoms with Gasteiger partial charge in [-0.3, -0.25) is 4.79 Å². The van der Waals surface area contributed by atoms with Crippen LogP contribution in [0.4, 0.5) is 0 Å². The first-order valence-corrected chi connectivity index (χ1v) is 6.19. The van der Waals surface area contributed by atoms with E-state index in [2.05, 4.69) is 10.1 Å². The molecule has 18 heavy (non-hydrogen) atoms. The zero-order valence-corrected chi connectivity index (χ0v) is 11.0. The van der Waals surface area contributed by atoms with E-state index in [1.807, 2.05) is 11.4 Å². The van der Waals surface area contributed by atoms with Gasteiger partial charge in [0.15, 0.2) is 0 Å². The molecule has 0 saturated heterocycles. The molecule has 5 nitrogen and oxygen atoms in total. The molecule has 1 rings (SSSR count). The highest BCUT2D eigenvalue weighted by Crippen LogP contribution is 2.21. The number of carbonyl (C=O) groups is 2. The summed E-state index contributed by atoms with van der Waals surface area (Å²) in [7, 11) is 1.29. The number of rotatable bonds is 6. The maximum atomic E-state index is 11.1. The summed E-state index contributed by atoms with van der Waals surface area (Å²) in [5, 5.41) is 13.9. The number of carboxylic acids is 1. The van der Waals surface area contributed by atoms with Gasteiger partial charge in [0.25, 0.3) is 0 Å². The number of ether oxygens (including phenoxy) is 1. The van der Waals surface area contributed by atoms with E-state index in [4.69, 9.17) is 5.11 Å². The summed E-state index contributed by atoms with van der Waals surface area (Å²) in [5.41, 5.74) is 0.574. The minimum atomic E-state index is -0.893. The molecule has 1 aromatic heterocycles. The van der Waals surface area contributed by atoms with Crippen LogP contribution in [-0.4, -0.2) is 30.7 Å². The first kappa shape index (κ1) is 14.2. The third-order valence-electron chi connectivity index (χ3n) is 2.31. The van der Waals surface area contributed by atoms with Crippen molar-refractivity contribution in [3.8, 4) is 0 Å². The maximum Gasteiger partial charge on any atom is 0.332 e. The van der Waals surface area contributed by atoms with Gasteiger partial charge in [0.1, 0.15) is 5.92 Å². The Morgan fingerprint density at radius 2 is 2.33 bits per heavy atom. The Kier molecular flexibility index (Phi) is 5.38. The topological polar surface area (TPSA) is 75.6 Å². The van der Waals surface area contributed by atoms with Gasteiger partial charge in [0, 0.05) is 23.2 Å². The molecule has 1 atom stereocenters. The number of nitrogens with one attached hydrogen (secondary N) is 1. The fourth-order valence-electron chi connectivity index (χ4n) is 1.35. The van der Waals surface area contributed by atoms with E-state index in [1.165, 1.54) is 24.5 Å². The average molecular weight is 269 g/mol. The number of hydrogen-bond acceptors (Lipinski definition) is 5. The zero-order chi connectivity index (χ0) is 13.5. The predicted molar refractivity (Wildman–Crippen MR) is 68.5 cm³/mol.